The summed E-state index contributed by atoms with van der Waals surface area (Å²) in [6, 6.07) is 1.66. The number of nitrogens with one attached hydrogen (secondary N) is 1. The van der Waals surface area contributed by atoms with Gasteiger partial charge in [0, 0.05) is 30.7 Å². The normalized spacial score (nSPS) is 17.6. The maximum Gasteiger partial charge on any atom is 0.408 e. The lowest BCUT2D eigenvalue weighted by molar-refractivity contribution is -0.187. The standard InChI is InChI=1S/C12H13BrF4N2.2ClH/c13-9-5-8(6-10(14)7-9)11(12(15,16)17)19-3-1-18-2-4-19;;/h5-7,11,18H,1-4H2;2*1H/t11-;;/m1../s1. The van der Waals surface area contributed by atoms with Crippen molar-refractivity contribution in [2.24, 2.45) is 0 Å². The van der Waals surface area contributed by atoms with Crippen LogP contribution in [0.3, 0.4) is 0 Å². The smallest absolute Gasteiger partial charge is 0.314 e. The average molecular weight is 414 g/mol. The van der Waals surface area contributed by atoms with Gasteiger partial charge in [-0.3, -0.25) is 4.90 Å². The first-order valence-corrected chi connectivity index (χ1v) is 6.65. The summed E-state index contributed by atoms with van der Waals surface area (Å²) in [7, 11) is 0. The number of nitrogens with zero attached hydrogens (tertiary/aromatic N) is 1. The predicted molar refractivity (Wildman–Crippen MR) is 81.8 cm³/mol. The summed E-state index contributed by atoms with van der Waals surface area (Å²) in [5.74, 6) is -0.672. The maximum absolute atomic E-state index is 13.3. The van der Waals surface area contributed by atoms with Crippen LogP contribution in [0.15, 0.2) is 22.7 Å². The molecule has 21 heavy (non-hydrogen) atoms. The van der Waals surface area contributed by atoms with Gasteiger partial charge in [0.25, 0.3) is 0 Å². The molecule has 0 unspecified atom stereocenters. The average Bonchev–Trinajstić information content (AvgIpc) is 2.27. The number of halogens is 7. The molecule has 1 aromatic carbocycles. The van der Waals surface area contributed by atoms with E-state index in [0.717, 1.165) is 12.1 Å². The Bertz CT molecular complexity index is 433. The van der Waals surface area contributed by atoms with Crippen molar-refractivity contribution in [1.82, 2.24) is 10.2 Å². The van der Waals surface area contributed by atoms with E-state index in [-0.39, 0.29) is 43.5 Å². The molecular weight excluding hydrogens is 399 g/mol. The summed E-state index contributed by atoms with van der Waals surface area (Å²) >= 11 is 3.03. The van der Waals surface area contributed by atoms with Crippen LogP contribution in [0.5, 0.6) is 0 Å². The van der Waals surface area contributed by atoms with E-state index in [0.29, 0.717) is 17.6 Å². The van der Waals surface area contributed by atoms with E-state index in [1.807, 2.05) is 0 Å². The molecule has 1 aromatic rings. The maximum atomic E-state index is 13.3. The Kier molecular flexibility index (Phi) is 8.49. The molecule has 9 heteroatoms. The summed E-state index contributed by atoms with van der Waals surface area (Å²) in [6.45, 7) is 1.59. The van der Waals surface area contributed by atoms with Crippen LogP contribution in [0.1, 0.15) is 11.6 Å². The lowest BCUT2D eigenvalue weighted by Gasteiger charge is -2.36. The quantitative estimate of drug-likeness (QED) is 0.738. The van der Waals surface area contributed by atoms with Crippen LogP contribution in [-0.2, 0) is 0 Å². The molecule has 2 nitrogen and oxygen atoms in total. The van der Waals surface area contributed by atoms with Gasteiger partial charge in [-0.05, 0) is 23.8 Å². The third-order valence-corrected chi connectivity index (χ3v) is 3.49. The van der Waals surface area contributed by atoms with Crippen LogP contribution in [-0.4, -0.2) is 37.3 Å². The number of rotatable bonds is 2. The lowest BCUT2D eigenvalue weighted by Crippen LogP contribution is -2.49. The minimum atomic E-state index is -4.43. The molecule has 0 aliphatic carbocycles. The molecule has 1 atom stereocenters. The molecule has 1 heterocycles. The second-order valence-electron chi connectivity index (χ2n) is 4.43. The van der Waals surface area contributed by atoms with Crippen LogP contribution in [0.2, 0.25) is 0 Å². The molecule has 1 aliphatic heterocycles. The van der Waals surface area contributed by atoms with Gasteiger partial charge >= 0.3 is 6.18 Å². The first kappa shape index (κ1) is 20.9. The van der Waals surface area contributed by atoms with Crippen LogP contribution < -0.4 is 5.32 Å². The van der Waals surface area contributed by atoms with E-state index in [4.69, 9.17) is 0 Å². The number of hydrogen-bond donors (Lipinski definition) is 1. The molecular formula is C12H15BrCl2F4N2. The Morgan fingerprint density at radius 3 is 2.14 bits per heavy atom. The monoisotopic (exact) mass is 412 g/mol. The predicted octanol–water partition coefficient (Wildman–Crippen LogP) is 3.94. The topological polar surface area (TPSA) is 15.3 Å². The summed E-state index contributed by atoms with van der Waals surface area (Å²) in [5, 5.41) is 3.00. The first-order valence-electron chi connectivity index (χ1n) is 5.85. The second kappa shape index (κ2) is 8.53. The zero-order chi connectivity index (χ0) is 14.0. The van der Waals surface area contributed by atoms with Crippen molar-refractivity contribution in [3.8, 4) is 0 Å². The van der Waals surface area contributed by atoms with E-state index in [1.54, 1.807) is 0 Å². The molecule has 0 bridgehead atoms. The minimum absolute atomic E-state index is 0. The fourth-order valence-corrected chi connectivity index (χ4v) is 2.76. The highest BCUT2D eigenvalue weighted by molar-refractivity contribution is 9.10. The Morgan fingerprint density at radius 1 is 1.10 bits per heavy atom. The van der Waals surface area contributed by atoms with Gasteiger partial charge in [-0.25, -0.2) is 4.39 Å². The van der Waals surface area contributed by atoms with Gasteiger partial charge in [0.15, 0.2) is 0 Å². The van der Waals surface area contributed by atoms with Crippen LogP contribution >= 0.6 is 40.7 Å². The fraction of sp³-hybridized carbons (Fsp3) is 0.500. The molecule has 1 saturated heterocycles. The van der Waals surface area contributed by atoms with Crippen LogP contribution in [0, 0.1) is 5.82 Å². The van der Waals surface area contributed by atoms with Crippen molar-refractivity contribution in [3.05, 3.63) is 34.1 Å². The van der Waals surface area contributed by atoms with Gasteiger partial charge in [0.2, 0.25) is 0 Å². The summed E-state index contributed by atoms with van der Waals surface area (Å²) in [5.41, 5.74) is -0.0683. The van der Waals surface area contributed by atoms with Gasteiger partial charge in [-0.1, -0.05) is 15.9 Å². The zero-order valence-electron chi connectivity index (χ0n) is 10.8. The van der Waals surface area contributed by atoms with Crippen molar-refractivity contribution in [2.45, 2.75) is 12.2 Å². The van der Waals surface area contributed by atoms with E-state index < -0.39 is 18.0 Å². The van der Waals surface area contributed by atoms with Crippen LogP contribution in [0.25, 0.3) is 0 Å². The molecule has 1 fully saturated rings. The highest BCUT2D eigenvalue weighted by Crippen LogP contribution is 2.38. The largest absolute Gasteiger partial charge is 0.408 e. The van der Waals surface area contributed by atoms with Crippen molar-refractivity contribution in [2.75, 3.05) is 26.2 Å². The van der Waals surface area contributed by atoms with Gasteiger partial charge in [-0.15, -0.1) is 24.8 Å². The van der Waals surface area contributed by atoms with Crippen molar-refractivity contribution in [3.63, 3.8) is 0 Å². The van der Waals surface area contributed by atoms with Crippen molar-refractivity contribution >= 4 is 40.7 Å². The van der Waals surface area contributed by atoms with E-state index in [2.05, 4.69) is 21.2 Å². The summed E-state index contributed by atoms with van der Waals surface area (Å²) < 4.78 is 53.4. The van der Waals surface area contributed by atoms with Crippen molar-refractivity contribution < 1.29 is 17.6 Å². The van der Waals surface area contributed by atoms with Gasteiger partial charge in [0.1, 0.15) is 11.9 Å². The fourth-order valence-electron chi connectivity index (χ4n) is 2.28. The second-order valence-corrected chi connectivity index (χ2v) is 5.35. The first-order chi connectivity index (χ1) is 8.88. The molecule has 0 spiro atoms. The lowest BCUT2D eigenvalue weighted by atomic mass is 10.0. The molecule has 0 saturated carbocycles. The number of benzene rings is 1. The summed E-state index contributed by atoms with van der Waals surface area (Å²) in [6.07, 6.45) is -4.43. The zero-order valence-corrected chi connectivity index (χ0v) is 14.0. The Morgan fingerprint density at radius 2 is 1.67 bits per heavy atom. The number of piperazine rings is 1. The molecule has 1 aliphatic rings. The molecule has 1 N–H and O–H groups in total. The molecule has 0 radical (unpaired) electrons. The van der Waals surface area contributed by atoms with E-state index >= 15 is 0 Å². The highest BCUT2D eigenvalue weighted by Gasteiger charge is 2.45. The highest BCUT2D eigenvalue weighted by atomic mass is 79.9. The molecule has 0 amide bonds. The minimum Gasteiger partial charge on any atom is -0.314 e. The molecule has 122 valence electrons. The van der Waals surface area contributed by atoms with Gasteiger partial charge in [-0.2, -0.15) is 13.2 Å². The van der Waals surface area contributed by atoms with Gasteiger partial charge < -0.3 is 5.32 Å². The molecule has 0 aromatic heterocycles. The SMILES string of the molecule is Cl.Cl.Fc1cc(Br)cc([C@@H](N2CCNCC2)C(F)(F)F)c1. The molecule has 2 rings (SSSR count). The Balaban J connectivity index is 0.00000200. The van der Waals surface area contributed by atoms with Crippen LogP contribution in [0.4, 0.5) is 17.6 Å². The number of hydrogen-bond acceptors (Lipinski definition) is 2. The third kappa shape index (κ3) is 5.56. The van der Waals surface area contributed by atoms with Gasteiger partial charge in [0.05, 0.1) is 0 Å². The number of alkyl halides is 3. The summed E-state index contributed by atoms with van der Waals surface area (Å²) in [4.78, 5) is 1.33. The van der Waals surface area contributed by atoms with E-state index in [1.165, 1.54) is 11.0 Å². The van der Waals surface area contributed by atoms with Crippen molar-refractivity contribution in [1.29, 1.82) is 0 Å². The third-order valence-electron chi connectivity index (χ3n) is 3.03. The Hall–Kier alpha value is -0.0800. The van der Waals surface area contributed by atoms with E-state index in [9.17, 15) is 17.6 Å². The Labute approximate surface area is 141 Å².